The molecule has 3 aliphatic heterocycles. The average molecular weight is 484 g/mol. The Bertz CT molecular complexity index is 1260. The Morgan fingerprint density at radius 1 is 1.25 bits per heavy atom. The second-order valence-corrected chi connectivity index (χ2v) is 8.63. The molecule has 5 rings (SSSR count). The number of ether oxygens (including phenoxy) is 1. The number of fused-ring (bicyclic) bond motifs is 1. The number of anilines is 3. The van der Waals surface area contributed by atoms with Crippen LogP contribution in [0.5, 0.6) is 0 Å². The zero-order chi connectivity index (χ0) is 24.9. The summed E-state index contributed by atoms with van der Waals surface area (Å²) in [6, 6.07) is 11.9. The van der Waals surface area contributed by atoms with Crippen LogP contribution >= 0.6 is 0 Å². The van der Waals surface area contributed by atoms with E-state index in [1.165, 1.54) is 6.08 Å². The summed E-state index contributed by atoms with van der Waals surface area (Å²) in [4.78, 5) is 23.0. The normalized spacial score (nSPS) is 19.0. The molecule has 0 spiro atoms. The standard InChI is InChI=1S/C27H29N7O2/c1-2-27(35)31-22-8-10-30-25(14-22)26-13-20-16-29-9-7-19(20)17-34(26)32-21-3-5-23(6-4-21)33-11-12-36-24(15-28)18-33/h2-6,8-10,13-14,16-17,24,32H,1,7,11-12,15,18,28H2,(H,30,31,35)/t24-/m0/s1. The van der Waals surface area contributed by atoms with E-state index in [2.05, 4.69) is 68.7 Å². The van der Waals surface area contributed by atoms with Gasteiger partial charge in [-0.1, -0.05) is 6.58 Å². The Morgan fingerprint density at radius 2 is 2.11 bits per heavy atom. The number of aromatic nitrogens is 1. The van der Waals surface area contributed by atoms with Crippen LogP contribution in [-0.2, 0) is 9.53 Å². The molecular weight excluding hydrogens is 454 g/mol. The zero-order valence-electron chi connectivity index (χ0n) is 19.9. The number of nitrogens with two attached hydrogens (primary N) is 1. The maximum Gasteiger partial charge on any atom is 0.247 e. The van der Waals surface area contributed by atoms with Crippen molar-refractivity contribution in [3.63, 3.8) is 0 Å². The van der Waals surface area contributed by atoms with Crippen molar-refractivity contribution in [2.75, 3.05) is 41.9 Å². The molecule has 2 aromatic rings. The molecule has 1 aromatic heterocycles. The van der Waals surface area contributed by atoms with Crippen LogP contribution in [0.1, 0.15) is 12.1 Å². The number of pyridine rings is 1. The number of morpholine rings is 1. The van der Waals surface area contributed by atoms with Gasteiger partial charge in [0.25, 0.3) is 0 Å². The van der Waals surface area contributed by atoms with Crippen LogP contribution in [-0.4, -0.2) is 54.5 Å². The number of hydrogen-bond donors (Lipinski definition) is 3. The second kappa shape index (κ2) is 10.6. The third-order valence-corrected chi connectivity index (χ3v) is 6.20. The lowest BCUT2D eigenvalue weighted by Crippen LogP contribution is -2.45. The molecule has 0 radical (unpaired) electrons. The molecule has 36 heavy (non-hydrogen) atoms. The van der Waals surface area contributed by atoms with E-state index in [4.69, 9.17) is 10.5 Å². The van der Waals surface area contributed by atoms with Crippen molar-refractivity contribution in [3.05, 3.63) is 90.6 Å². The summed E-state index contributed by atoms with van der Waals surface area (Å²) in [5.41, 5.74) is 15.7. The van der Waals surface area contributed by atoms with E-state index in [1.807, 2.05) is 23.5 Å². The Hall–Kier alpha value is -4.21. The highest BCUT2D eigenvalue weighted by Crippen LogP contribution is 2.33. The first-order chi connectivity index (χ1) is 17.6. The largest absolute Gasteiger partial charge is 0.373 e. The van der Waals surface area contributed by atoms with Gasteiger partial charge in [-0.2, -0.15) is 0 Å². The Kier molecular flexibility index (Phi) is 6.92. The fraction of sp³-hybridized carbons (Fsp3) is 0.222. The first-order valence-corrected chi connectivity index (χ1v) is 11.9. The first-order valence-electron chi connectivity index (χ1n) is 11.9. The minimum atomic E-state index is -0.274. The fourth-order valence-electron chi connectivity index (χ4n) is 4.30. The molecule has 1 aromatic carbocycles. The fourth-order valence-corrected chi connectivity index (χ4v) is 4.30. The van der Waals surface area contributed by atoms with Gasteiger partial charge in [0.05, 0.1) is 29.8 Å². The molecule has 1 saturated heterocycles. The number of rotatable bonds is 7. The molecule has 1 fully saturated rings. The third-order valence-electron chi connectivity index (χ3n) is 6.20. The minimum Gasteiger partial charge on any atom is -0.373 e. The van der Waals surface area contributed by atoms with Crippen molar-refractivity contribution < 1.29 is 9.53 Å². The van der Waals surface area contributed by atoms with Gasteiger partial charge < -0.3 is 20.7 Å². The van der Waals surface area contributed by atoms with Crippen LogP contribution in [0.25, 0.3) is 5.70 Å². The van der Waals surface area contributed by atoms with E-state index in [-0.39, 0.29) is 12.0 Å². The lowest BCUT2D eigenvalue weighted by atomic mass is 9.98. The number of nitrogens with zero attached hydrogens (tertiary/aromatic N) is 4. The van der Waals surface area contributed by atoms with Crippen LogP contribution in [0.15, 0.2) is 89.9 Å². The van der Waals surface area contributed by atoms with E-state index in [0.717, 1.165) is 47.7 Å². The molecular formula is C27H29N7O2. The van der Waals surface area contributed by atoms with Crippen molar-refractivity contribution in [1.82, 2.24) is 9.99 Å². The molecule has 9 heteroatoms. The number of carbonyl (C=O) groups excluding carboxylic acids is 1. The summed E-state index contributed by atoms with van der Waals surface area (Å²) in [5.74, 6) is -0.274. The van der Waals surface area contributed by atoms with E-state index in [0.29, 0.717) is 24.5 Å². The Morgan fingerprint density at radius 3 is 2.92 bits per heavy atom. The van der Waals surface area contributed by atoms with Gasteiger partial charge >= 0.3 is 0 Å². The molecule has 0 bridgehead atoms. The van der Waals surface area contributed by atoms with Gasteiger partial charge in [-0.25, -0.2) is 0 Å². The van der Waals surface area contributed by atoms with Crippen LogP contribution in [0.3, 0.4) is 0 Å². The molecule has 9 nitrogen and oxygen atoms in total. The monoisotopic (exact) mass is 483 g/mol. The molecule has 0 unspecified atom stereocenters. The van der Waals surface area contributed by atoms with Gasteiger partial charge in [-0.05, 0) is 54.1 Å². The van der Waals surface area contributed by atoms with Crippen molar-refractivity contribution in [1.29, 1.82) is 0 Å². The number of nitrogens with one attached hydrogen (secondary N) is 2. The van der Waals surface area contributed by atoms with Gasteiger partial charge in [0.15, 0.2) is 0 Å². The average Bonchev–Trinajstić information content (AvgIpc) is 2.93. The molecule has 1 amide bonds. The lowest BCUT2D eigenvalue weighted by molar-refractivity contribution is -0.111. The molecule has 3 aliphatic rings. The van der Waals surface area contributed by atoms with E-state index in [1.54, 1.807) is 12.3 Å². The summed E-state index contributed by atoms with van der Waals surface area (Å²) in [7, 11) is 0. The molecule has 4 heterocycles. The predicted octanol–water partition coefficient (Wildman–Crippen LogP) is 3.30. The van der Waals surface area contributed by atoms with Crippen LogP contribution in [0.2, 0.25) is 0 Å². The van der Waals surface area contributed by atoms with E-state index < -0.39 is 0 Å². The SMILES string of the molecule is C=CC(=O)Nc1ccnc(C2=CC3=CN=CCC3=CN2Nc2ccc(N3CCO[C@@H](CN)C3)cc2)c1. The van der Waals surface area contributed by atoms with Gasteiger partial charge in [0, 0.05) is 67.8 Å². The Balaban J connectivity index is 1.39. The smallest absolute Gasteiger partial charge is 0.247 e. The zero-order valence-corrected chi connectivity index (χ0v) is 19.9. The number of aliphatic imine (C=N–C) groups is 1. The van der Waals surface area contributed by atoms with Gasteiger partial charge in [-0.3, -0.25) is 25.2 Å². The summed E-state index contributed by atoms with van der Waals surface area (Å²) in [6.07, 6.45) is 11.6. The van der Waals surface area contributed by atoms with Crippen LogP contribution < -0.4 is 21.4 Å². The number of allylic oxidation sites excluding steroid dienone is 3. The molecule has 4 N–H and O–H groups in total. The second-order valence-electron chi connectivity index (χ2n) is 8.63. The molecule has 0 saturated carbocycles. The van der Waals surface area contributed by atoms with Crippen LogP contribution in [0, 0.1) is 0 Å². The quantitative estimate of drug-likeness (QED) is 0.519. The first kappa shape index (κ1) is 23.5. The molecule has 0 aliphatic carbocycles. The van der Waals surface area contributed by atoms with Gasteiger partial charge in [-0.15, -0.1) is 0 Å². The number of benzene rings is 1. The topological polar surface area (TPSA) is 108 Å². The maximum absolute atomic E-state index is 11.8. The number of amides is 1. The van der Waals surface area contributed by atoms with E-state index in [9.17, 15) is 4.79 Å². The van der Waals surface area contributed by atoms with Crippen LogP contribution in [0.4, 0.5) is 17.1 Å². The summed E-state index contributed by atoms with van der Waals surface area (Å²) in [6.45, 7) is 6.34. The summed E-state index contributed by atoms with van der Waals surface area (Å²) in [5, 5.41) is 4.76. The number of hydrogen-bond acceptors (Lipinski definition) is 8. The maximum atomic E-state index is 11.8. The van der Waals surface area contributed by atoms with Gasteiger partial charge in [0.1, 0.15) is 0 Å². The van der Waals surface area contributed by atoms with Gasteiger partial charge in [0.2, 0.25) is 5.91 Å². The van der Waals surface area contributed by atoms with E-state index >= 15 is 0 Å². The van der Waals surface area contributed by atoms with Crippen molar-refractivity contribution >= 4 is 34.9 Å². The third kappa shape index (κ3) is 5.22. The molecule has 1 atom stereocenters. The lowest BCUT2D eigenvalue weighted by Gasteiger charge is -2.34. The highest BCUT2D eigenvalue weighted by atomic mass is 16.5. The summed E-state index contributed by atoms with van der Waals surface area (Å²) < 4.78 is 5.69. The number of hydrazine groups is 1. The van der Waals surface area contributed by atoms with Crippen molar-refractivity contribution in [2.24, 2.45) is 10.7 Å². The highest BCUT2D eigenvalue weighted by Gasteiger charge is 2.22. The number of carbonyl (C=O) groups is 1. The van der Waals surface area contributed by atoms with Crippen molar-refractivity contribution in [3.8, 4) is 0 Å². The van der Waals surface area contributed by atoms with Crippen molar-refractivity contribution in [2.45, 2.75) is 12.5 Å². The summed E-state index contributed by atoms with van der Waals surface area (Å²) >= 11 is 0. The minimum absolute atomic E-state index is 0.0602. The predicted molar refractivity (Wildman–Crippen MR) is 143 cm³/mol. The molecule has 184 valence electrons. The Labute approximate surface area is 210 Å². The highest BCUT2D eigenvalue weighted by molar-refractivity contribution is 5.99.